The smallest absolute Gasteiger partial charge is 0.143 e. The average Bonchev–Trinajstić information content (AvgIpc) is 3.80. The first-order valence-corrected chi connectivity index (χ1v) is 18.9. The number of hydrogen-bond acceptors (Lipinski definition) is 2. The molecule has 0 saturated heterocycles. The van der Waals surface area contributed by atoms with Gasteiger partial charge in [-0.2, -0.15) is 0 Å². The molecular weight excluding hydrogens is 688 g/mol. The largest absolute Gasteiger partial charge is 0.455 e. The Labute approximate surface area is 322 Å². The minimum Gasteiger partial charge on any atom is -0.455 e. The summed E-state index contributed by atoms with van der Waals surface area (Å²) in [6.45, 7) is 0. The molecule has 0 aliphatic rings. The minimum absolute atomic E-state index is 0.233. The zero-order valence-electron chi connectivity index (χ0n) is 30.2. The lowest BCUT2D eigenvalue weighted by atomic mass is 10.0. The first-order valence-electron chi connectivity index (χ1n) is 18.9. The van der Waals surface area contributed by atoms with Crippen LogP contribution in [0.3, 0.4) is 0 Å². The van der Waals surface area contributed by atoms with Gasteiger partial charge in [-0.3, -0.25) is 0 Å². The molecule has 11 rings (SSSR count). The normalized spacial score (nSPS) is 11.7. The molecule has 264 valence electrons. The summed E-state index contributed by atoms with van der Waals surface area (Å²) in [7, 11) is 0. The van der Waals surface area contributed by atoms with Crippen molar-refractivity contribution >= 4 is 71.6 Å². The molecule has 0 amide bonds. The Morgan fingerprint density at radius 2 is 1.07 bits per heavy atom. The summed E-state index contributed by atoms with van der Waals surface area (Å²) in [5.41, 5.74) is 12.4. The Bertz CT molecular complexity index is 3260. The number of fused-ring (bicyclic) bond motifs is 7. The molecule has 2 aromatic heterocycles. The maximum Gasteiger partial charge on any atom is 0.143 e. The van der Waals surface area contributed by atoms with E-state index in [2.05, 4.69) is 167 Å². The molecule has 0 spiro atoms. The quantitative estimate of drug-likeness (QED) is 0.171. The molecule has 4 heteroatoms. The van der Waals surface area contributed by atoms with Gasteiger partial charge in [0.2, 0.25) is 0 Å². The second-order valence-electron chi connectivity index (χ2n) is 14.3. The molecule has 2 heterocycles. The van der Waals surface area contributed by atoms with Crippen molar-refractivity contribution in [3.05, 3.63) is 206 Å². The van der Waals surface area contributed by atoms with Gasteiger partial charge < -0.3 is 13.9 Å². The topological polar surface area (TPSA) is 21.3 Å². The number of anilines is 3. The number of aromatic nitrogens is 1. The molecule has 0 saturated carbocycles. The first-order chi connectivity index (χ1) is 27.7. The number of halogens is 1. The van der Waals surface area contributed by atoms with E-state index in [1.165, 1.54) is 16.8 Å². The highest BCUT2D eigenvalue weighted by molar-refractivity contribution is 6.10. The van der Waals surface area contributed by atoms with Crippen LogP contribution < -0.4 is 4.90 Å². The summed E-state index contributed by atoms with van der Waals surface area (Å²) in [4.78, 5) is 2.34. The molecule has 0 fully saturated rings. The molecule has 0 aliphatic heterocycles. The summed E-state index contributed by atoms with van der Waals surface area (Å²) in [6.07, 6.45) is 0. The van der Waals surface area contributed by atoms with Gasteiger partial charge in [-0.25, -0.2) is 4.39 Å². The lowest BCUT2D eigenvalue weighted by molar-refractivity contribution is 0.629. The van der Waals surface area contributed by atoms with E-state index in [0.717, 1.165) is 88.7 Å². The van der Waals surface area contributed by atoms with Gasteiger partial charge in [-0.15, -0.1) is 0 Å². The molecule has 0 unspecified atom stereocenters. The van der Waals surface area contributed by atoms with Crippen molar-refractivity contribution in [1.82, 2.24) is 4.57 Å². The van der Waals surface area contributed by atoms with Crippen LogP contribution in [0.2, 0.25) is 0 Å². The monoisotopic (exact) mass is 720 g/mol. The fourth-order valence-corrected chi connectivity index (χ4v) is 8.45. The van der Waals surface area contributed by atoms with E-state index in [1.807, 2.05) is 30.3 Å². The molecule has 56 heavy (non-hydrogen) atoms. The van der Waals surface area contributed by atoms with E-state index < -0.39 is 0 Å². The number of rotatable bonds is 6. The predicted octanol–water partition coefficient (Wildman–Crippen LogP) is 14.8. The van der Waals surface area contributed by atoms with Gasteiger partial charge >= 0.3 is 0 Å². The van der Waals surface area contributed by atoms with Crippen LogP contribution in [-0.2, 0) is 0 Å². The van der Waals surface area contributed by atoms with Crippen LogP contribution in [0.5, 0.6) is 0 Å². The van der Waals surface area contributed by atoms with Crippen molar-refractivity contribution in [2.45, 2.75) is 0 Å². The van der Waals surface area contributed by atoms with Gasteiger partial charge in [0, 0.05) is 49.6 Å². The molecule has 0 atom stereocenters. The van der Waals surface area contributed by atoms with E-state index >= 15 is 0 Å². The van der Waals surface area contributed by atoms with E-state index in [4.69, 9.17) is 4.42 Å². The van der Waals surface area contributed by atoms with Crippen LogP contribution >= 0.6 is 0 Å². The van der Waals surface area contributed by atoms with E-state index in [0.29, 0.717) is 0 Å². The van der Waals surface area contributed by atoms with Crippen molar-refractivity contribution in [3.8, 4) is 27.9 Å². The number of benzene rings is 9. The highest BCUT2D eigenvalue weighted by atomic mass is 19.1. The first kappa shape index (κ1) is 32.0. The van der Waals surface area contributed by atoms with Crippen LogP contribution in [0.1, 0.15) is 0 Å². The minimum atomic E-state index is -0.233. The molecule has 9 aromatic carbocycles. The van der Waals surface area contributed by atoms with Gasteiger partial charge in [0.1, 0.15) is 17.0 Å². The van der Waals surface area contributed by atoms with Crippen LogP contribution in [0.4, 0.5) is 21.5 Å². The Morgan fingerprint density at radius 3 is 1.91 bits per heavy atom. The predicted molar refractivity (Wildman–Crippen MR) is 231 cm³/mol. The molecule has 3 nitrogen and oxygen atoms in total. The van der Waals surface area contributed by atoms with Crippen LogP contribution in [-0.4, -0.2) is 4.57 Å². The maximum absolute atomic E-state index is 14.4. The molecule has 0 N–H and O–H groups in total. The van der Waals surface area contributed by atoms with E-state index in [9.17, 15) is 4.39 Å². The Balaban J connectivity index is 0.998. The third kappa shape index (κ3) is 5.19. The number of nitrogens with zero attached hydrogens (tertiary/aromatic N) is 2. The molecule has 0 bridgehead atoms. The van der Waals surface area contributed by atoms with Crippen molar-refractivity contribution in [2.24, 2.45) is 0 Å². The van der Waals surface area contributed by atoms with E-state index in [1.54, 1.807) is 6.07 Å². The Hall–Kier alpha value is -7.43. The number of hydrogen-bond donors (Lipinski definition) is 0. The number of para-hydroxylation sites is 3. The standard InChI is InChI=1S/C52H33FN2O/c53-38-26-31-50-47(33-38)44-15-3-5-19-49(44)55(50)41-13-7-12-37(32-41)34-22-27-39(28-23-34)54(48-20-8-11-35-10-1-2-14-42(35)48)40-29-24-36(25-30-40)43-17-9-18-46-45-16-4-6-21-51(45)56-52(43)46/h1-33H. The number of furan rings is 1. The van der Waals surface area contributed by atoms with Crippen molar-refractivity contribution < 1.29 is 8.81 Å². The maximum atomic E-state index is 14.4. The molecule has 0 radical (unpaired) electrons. The second kappa shape index (κ2) is 12.9. The molecule has 0 aliphatic carbocycles. The van der Waals surface area contributed by atoms with E-state index in [-0.39, 0.29) is 5.82 Å². The van der Waals surface area contributed by atoms with Crippen molar-refractivity contribution in [3.63, 3.8) is 0 Å². The summed E-state index contributed by atoms with van der Waals surface area (Å²) in [5, 5.41) is 6.55. The highest BCUT2D eigenvalue weighted by Gasteiger charge is 2.18. The Kier molecular flexibility index (Phi) is 7.36. The fourth-order valence-electron chi connectivity index (χ4n) is 8.45. The van der Waals surface area contributed by atoms with Crippen molar-refractivity contribution in [1.29, 1.82) is 0 Å². The van der Waals surface area contributed by atoms with Gasteiger partial charge in [0.25, 0.3) is 0 Å². The van der Waals surface area contributed by atoms with Gasteiger partial charge in [-0.05, 0) is 94.9 Å². The highest BCUT2D eigenvalue weighted by Crippen LogP contribution is 2.42. The van der Waals surface area contributed by atoms with Crippen LogP contribution in [0.15, 0.2) is 205 Å². The zero-order valence-corrected chi connectivity index (χ0v) is 30.2. The van der Waals surface area contributed by atoms with Gasteiger partial charge in [0.15, 0.2) is 0 Å². The van der Waals surface area contributed by atoms with Crippen LogP contribution in [0, 0.1) is 5.82 Å². The Morgan fingerprint density at radius 1 is 0.429 bits per heavy atom. The third-order valence-electron chi connectivity index (χ3n) is 11.0. The lowest BCUT2D eigenvalue weighted by Gasteiger charge is -2.27. The summed E-state index contributed by atoms with van der Waals surface area (Å²) in [6, 6.07) is 69.1. The fraction of sp³-hybridized carbons (Fsp3) is 0. The van der Waals surface area contributed by atoms with Crippen molar-refractivity contribution in [2.75, 3.05) is 4.90 Å². The lowest BCUT2D eigenvalue weighted by Crippen LogP contribution is -2.10. The van der Waals surface area contributed by atoms with Crippen LogP contribution in [0.25, 0.3) is 82.5 Å². The van der Waals surface area contributed by atoms with Gasteiger partial charge in [0.05, 0.1) is 16.7 Å². The molecular formula is C52H33FN2O. The summed E-state index contributed by atoms with van der Waals surface area (Å²) in [5.74, 6) is -0.233. The SMILES string of the molecule is Fc1ccc2c(c1)c1ccccc1n2-c1cccc(-c2ccc(N(c3ccc(-c4cccc5c4oc4ccccc45)cc3)c3cccc4ccccc34)cc2)c1. The summed E-state index contributed by atoms with van der Waals surface area (Å²) < 4.78 is 23.0. The second-order valence-corrected chi connectivity index (χ2v) is 14.3. The zero-order chi connectivity index (χ0) is 37.2. The van der Waals surface area contributed by atoms with Gasteiger partial charge in [-0.1, -0.05) is 127 Å². The average molecular weight is 721 g/mol. The summed E-state index contributed by atoms with van der Waals surface area (Å²) >= 11 is 0. The third-order valence-corrected chi connectivity index (χ3v) is 11.0. The molecule has 11 aromatic rings.